The van der Waals surface area contributed by atoms with E-state index >= 15 is 0 Å². The summed E-state index contributed by atoms with van der Waals surface area (Å²) in [7, 11) is 0. The summed E-state index contributed by atoms with van der Waals surface area (Å²) >= 11 is 5.77. The number of aromatic nitrogens is 1. The number of hydrogen-bond donors (Lipinski definition) is 3. The number of rotatable bonds is 2. The van der Waals surface area contributed by atoms with E-state index in [1.807, 2.05) is 6.07 Å². The van der Waals surface area contributed by atoms with Gasteiger partial charge >= 0.3 is 0 Å². The minimum atomic E-state index is -0.751. The fourth-order valence-corrected chi connectivity index (χ4v) is 1.91. The van der Waals surface area contributed by atoms with Gasteiger partial charge in [0.1, 0.15) is 11.0 Å². The number of anilines is 1. The number of nitrogens with zero attached hydrogens (tertiary/aromatic N) is 1. The molecule has 15 heavy (non-hydrogen) atoms. The van der Waals surface area contributed by atoms with E-state index < -0.39 is 6.10 Å². The van der Waals surface area contributed by atoms with E-state index in [9.17, 15) is 5.11 Å². The van der Waals surface area contributed by atoms with Crippen LogP contribution >= 0.6 is 11.6 Å². The average molecular weight is 229 g/mol. The fraction of sp³-hybridized carbons (Fsp3) is 0.500. The monoisotopic (exact) mass is 228 g/mol. The van der Waals surface area contributed by atoms with Crippen molar-refractivity contribution >= 4 is 17.4 Å². The van der Waals surface area contributed by atoms with Gasteiger partial charge in [-0.2, -0.15) is 0 Å². The minimum Gasteiger partial charge on any atom is -0.394 e. The Bertz CT molecular complexity index is 359. The number of aliphatic hydroxyl groups excluding tert-OH is 2. The van der Waals surface area contributed by atoms with E-state index in [4.69, 9.17) is 16.7 Å². The van der Waals surface area contributed by atoms with Crippen LogP contribution in [0.25, 0.3) is 0 Å². The van der Waals surface area contributed by atoms with E-state index in [0.29, 0.717) is 11.0 Å². The van der Waals surface area contributed by atoms with Gasteiger partial charge in [0.15, 0.2) is 0 Å². The van der Waals surface area contributed by atoms with Crippen molar-refractivity contribution in [2.45, 2.75) is 25.0 Å². The predicted molar refractivity (Wildman–Crippen MR) is 58.1 cm³/mol. The Kier molecular flexibility index (Phi) is 3.09. The van der Waals surface area contributed by atoms with Crippen LogP contribution in [-0.4, -0.2) is 33.9 Å². The van der Waals surface area contributed by atoms with Crippen LogP contribution in [0.2, 0.25) is 5.15 Å². The molecule has 1 aromatic heterocycles. The predicted octanol–water partition coefficient (Wildman–Crippen LogP) is 0.815. The second-order valence-electron chi connectivity index (χ2n) is 3.68. The molecule has 2 rings (SSSR count). The summed E-state index contributed by atoms with van der Waals surface area (Å²) in [6.45, 7) is -0.242. The molecule has 0 aromatic carbocycles. The molecule has 0 saturated heterocycles. The first kappa shape index (κ1) is 10.7. The highest BCUT2D eigenvalue weighted by atomic mass is 35.5. The first-order valence-corrected chi connectivity index (χ1v) is 5.29. The van der Waals surface area contributed by atoms with Crippen LogP contribution < -0.4 is 5.32 Å². The van der Waals surface area contributed by atoms with Crippen molar-refractivity contribution in [3.8, 4) is 0 Å². The molecule has 5 heteroatoms. The number of fused-ring (bicyclic) bond motifs is 1. The molecule has 0 unspecified atom stereocenters. The van der Waals surface area contributed by atoms with Gasteiger partial charge < -0.3 is 15.5 Å². The van der Waals surface area contributed by atoms with E-state index in [-0.39, 0.29) is 12.6 Å². The van der Waals surface area contributed by atoms with Gasteiger partial charge in [-0.05, 0) is 24.5 Å². The quantitative estimate of drug-likeness (QED) is 0.656. The molecule has 4 nitrogen and oxygen atoms in total. The zero-order valence-corrected chi connectivity index (χ0v) is 8.91. The first-order valence-electron chi connectivity index (χ1n) is 4.91. The Hall–Kier alpha value is -0.840. The maximum absolute atomic E-state index is 9.50. The number of nitrogens with one attached hydrogen (secondary N) is 1. The SMILES string of the molecule is OC[C@@H](O)[C@H]1CCc2ccc(Cl)nc2N1. The summed E-state index contributed by atoms with van der Waals surface area (Å²) in [5, 5.41) is 21.9. The molecule has 0 radical (unpaired) electrons. The van der Waals surface area contributed by atoms with Crippen LogP contribution in [0.5, 0.6) is 0 Å². The Morgan fingerprint density at radius 3 is 3.13 bits per heavy atom. The van der Waals surface area contributed by atoms with Crippen LogP contribution in [0.1, 0.15) is 12.0 Å². The normalized spacial score (nSPS) is 21.7. The van der Waals surface area contributed by atoms with Crippen molar-refractivity contribution in [1.82, 2.24) is 4.98 Å². The lowest BCUT2D eigenvalue weighted by atomic mass is 9.97. The topological polar surface area (TPSA) is 65.4 Å². The van der Waals surface area contributed by atoms with Gasteiger partial charge in [0.05, 0.1) is 18.8 Å². The minimum absolute atomic E-state index is 0.145. The number of aryl methyl sites for hydroxylation is 1. The molecular weight excluding hydrogens is 216 g/mol. The van der Waals surface area contributed by atoms with Gasteiger partial charge in [0, 0.05) is 0 Å². The summed E-state index contributed by atoms with van der Waals surface area (Å²) < 4.78 is 0. The molecular formula is C10H13ClN2O2. The zero-order valence-electron chi connectivity index (χ0n) is 8.15. The lowest BCUT2D eigenvalue weighted by Crippen LogP contribution is -2.39. The summed E-state index contributed by atoms with van der Waals surface area (Å²) in [4.78, 5) is 4.14. The van der Waals surface area contributed by atoms with Crippen molar-refractivity contribution in [3.05, 3.63) is 22.8 Å². The summed E-state index contributed by atoms with van der Waals surface area (Å²) in [6.07, 6.45) is 0.880. The summed E-state index contributed by atoms with van der Waals surface area (Å²) in [6, 6.07) is 3.54. The molecule has 0 spiro atoms. The highest BCUT2D eigenvalue weighted by molar-refractivity contribution is 6.29. The molecule has 1 aromatic rings. The number of halogens is 1. The molecule has 0 bridgehead atoms. The summed E-state index contributed by atoms with van der Waals surface area (Å²) in [5.74, 6) is 0.714. The third kappa shape index (κ3) is 2.22. The van der Waals surface area contributed by atoms with E-state index in [2.05, 4.69) is 10.3 Å². The maximum atomic E-state index is 9.50. The lowest BCUT2D eigenvalue weighted by molar-refractivity contribution is 0.0763. The second-order valence-corrected chi connectivity index (χ2v) is 4.07. The van der Waals surface area contributed by atoms with E-state index in [1.165, 1.54) is 0 Å². The summed E-state index contributed by atoms with van der Waals surface area (Å²) in [5.41, 5.74) is 1.10. The van der Waals surface area contributed by atoms with Crippen molar-refractivity contribution in [2.75, 3.05) is 11.9 Å². The van der Waals surface area contributed by atoms with Gasteiger partial charge in [-0.15, -0.1) is 0 Å². The Labute approximate surface area is 92.9 Å². The average Bonchev–Trinajstić information content (AvgIpc) is 2.27. The van der Waals surface area contributed by atoms with Gasteiger partial charge in [0.2, 0.25) is 0 Å². The molecule has 0 aliphatic carbocycles. The molecule has 1 aliphatic rings. The molecule has 2 atom stereocenters. The Morgan fingerprint density at radius 2 is 2.40 bits per heavy atom. The highest BCUT2D eigenvalue weighted by Crippen LogP contribution is 2.25. The molecule has 82 valence electrons. The van der Waals surface area contributed by atoms with Gasteiger partial charge in [0.25, 0.3) is 0 Å². The molecule has 3 N–H and O–H groups in total. The van der Waals surface area contributed by atoms with Gasteiger partial charge in [-0.3, -0.25) is 0 Å². The highest BCUT2D eigenvalue weighted by Gasteiger charge is 2.24. The molecule has 2 heterocycles. The van der Waals surface area contributed by atoms with E-state index in [1.54, 1.807) is 6.07 Å². The fourth-order valence-electron chi connectivity index (χ4n) is 1.77. The zero-order chi connectivity index (χ0) is 10.8. The third-order valence-corrected chi connectivity index (χ3v) is 2.85. The van der Waals surface area contributed by atoms with Crippen LogP contribution in [0, 0.1) is 0 Å². The first-order chi connectivity index (χ1) is 7.20. The number of aliphatic hydroxyl groups is 2. The van der Waals surface area contributed by atoms with Crippen molar-refractivity contribution < 1.29 is 10.2 Å². The maximum Gasteiger partial charge on any atom is 0.131 e. The van der Waals surface area contributed by atoms with E-state index in [0.717, 1.165) is 18.4 Å². The van der Waals surface area contributed by atoms with Gasteiger partial charge in [-0.25, -0.2) is 4.98 Å². The standard InChI is InChI=1S/C10H13ClN2O2/c11-9-4-2-6-1-3-7(8(15)5-14)12-10(6)13-9/h2,4,7-8,14-15H,1,3,5H2,(H,12,13)/t7-,8-/m1/s1. The number of pyridine rings is 1. The lowest BCUT2D eigenvalue weighted by Gasteiger charge is -2.28. The number of hydrogen-bond acceptors (Lipinski definition) is 4. The van der Waals surface area contributed by atoms with Crippen molar-refractivity contribution in [1.29, 1.82) is 0 Å². The van der Waals surface area contributed by atoms with Crippen LogP contribution in [-0.2, 0) is 6.42 Å². The third-order valence-electron chi connectivity index (χ3n) is 2.64. The van der Waals surface area contributed by atoms with Gasteiger partial charge in [-0.1, -0.05) is 17.7 Å². The molecule has 0 amide bonds. The van der Waals surface area contributed by atoms with Crippen molar-refractivity contribution in [3.63, 3.8) is 0 Å². The molecule has 0 saturated carbocycles. The van der Waals surface area contributed by atoms with Crippen LogP contribution in [0.15, 0.2) is 12.1 Å². The Balaban J connectivity index is 2.18. The van der Waals surface area contributed by atoms with Crippen LogP contribution in [0.4, 0.5) is 5.82 Å². The van der Waals surface area contributed by atoms with Crippen molar-refractivity contribution in [2.24, 2.45) is 0 Å². The largest absolute Gasteiger partial charge is 0.394 e. The molecule has 0 fully saturated rings. The smallest absolute Gasteiger partial charge is 0.131 e. The second kappa shape index (κ2) is 4.35. The molecule has 1 aliphatic heterocycles. The Morgan fingerprint density at radius 1 is 1.60 bits per heavy atom. The van der Waals surface area contributed by atoms with Crippen LogP contribution in [0.3, 0.4) is 0 Å².